The molecule has 1 aromatic heterocycles. The van der Waals surface area contributed by atoms with E-state index in [0.717, 1.165) is 18.5 Å². The number of nitrogens with zero attached hydrogens (tertiary/aromatic N) is 5. The molecule has 0 unspecified atom stereocenters. The van der Waals surface area contributed by atoms with Crippen molar-refractivity contribution < 1.29 is 0 Å². The summed E-state index contributed by atoms with van der Waals surface area (Å²) in [7, 11) is 1.71. The predicted molar refractivity (Wildman–Crippen MR) is 69.9 cm³/mol. The van der Waals surface area contributed by atoms with Crippen molar-refractivity contribution in [2.24, 2.45) is 4.99 Å². The Bertz CT molecular complexity index is 403. The molecule has 1 aromatic rings. The monoisotopic (exact) mass is 233 g/mol. The van der Waals surface area contributed by atoms with E-state index in [4.69, 9.17) is 0 Å². The van der Waals surface area contributed by atoms with E-state index in [1.54, 1.807) is 24.1 Å². The molecule has 0 N–H and O–H groups in total. The van der Waals surface area contributed by atoms with Gasteiger partial charge in [0.1, 0.15) is 0 Å². The third-order valence-electron chi connectivity index (χ3n) is 2.24. The Hall–Kier alpha value is -1.78. The van der Waals surface area contributed by atoms with Gasteiger partial charge in [0.2, 0.25) is 5.82 Å². The van der Waals surface area contributed by atoms with Gasteiger partial charge >= 0.3 is 0 Å². The number of rotatable bonds is 7. The number of tetrazole rings is 1. The maximum Gasteiger partial charge on any atom is 0.206 e. The largest absolute Gasteiger partial charge is 0.296 e. The highest BCUT2D eigenvalue weighted by molar-refractivity contribution is 6.08. The van der Waals surface area contributed by atoms with Crippen LogP contribution in [0.5, 0.6) is 0 Å². The number of aromatic nitrogens is 4. The van der Waals surface area contributed by atoms with Gasteiger partial charge in [-0.15, -0.1) is 10.2 Å². The molecular formula is C12H19N5. The molecule has 0 atom stereocenters. The molecule has 0 fully saturated rings. The molecule has 0 amide bonds. The van der Waals surface area contributed by atoms with Gasteiger partial charge < -0.3 is 0 Å². The molecule has 1 rings (SSSR count). The van der Waals surface area contributed by atoms with Gasteiger partial charge in [-0.1, -0.05) is 38.5 Å². The number of hydrogen-bond donors (Lipinski definition) is 0. The van der Waals surface area contributed by atoms with Crippen LogP contribution in [0.25, 0.3) is 5.57 Å². The van der Waals surface area contributed by atoms with Gasteiger partial charge in [-0.2, -0.15) is 4.80 Å². The van der Waals surface area contributed by atoms with E-state index in [-0.39, 0.29) is 0 Å². The number of unbranched alkanes of at least 4 members (excludes halogenated alkanes) is 2. The molecule has 0 aromatic carbocycles. The van der Waals surface area contributed by atoms with Crippen LogP contribution in [-0.4, -0.2) is 33.5 Å². The molecular weight excluding hydrogens is 214 g/mol. The van der Waals surface area contributed by atoms with Crippen molar-refractivity contribution in [3.05, 3.63) is 24.6 Å². The van der Waals surface area contributed by atoms with Crippen LogP contribution in [0.4, 0.5) is 0 Å². The molecule has 0 radical (unpaired) electrons. The van der Waals surface area contributed by atoms with Crippen LogP contribution in [0.1, 0.15) is 32.0 Å². The van der Waals surface area contributed by atoms with Crippen LogP contribution in [0.15, 0.2) is 23.7 Å². The molecule has 0 spiro atoms. The molecule has 0 aliphatic heterocycles. The summed E-state index contributed by atoms with van der Waals surface area (Å²) >= 11 is 0. The molecule has 0 saturated carbocycles. The predicted octanol–water partition coefficient (Wildman–Crippen LogP) is 2.13. The van der Waals surface area contributed by atoms with E-state index < -0.39 is 0 Å². The summed E-state index contributed by atoms with van der Waals surface area (Å²) in [6, 6.07) is 0. The zero-order valence-electron chi connectivity index (χ0n) is 10.5. The standard InChI is InChI=1S/C12H19N5/c1-4-6-7-9-17-15-12(14-16-17)11(8-5-2)10-13-3/h5,8,10H,2,4,6-7,9H2,1,3H3/b11-8+,13-10?. The third kappa shape index (κ3) is 4.30. The van der Waals surface area contributed by atoms with Gasteiger partial charge in [-0.25, -0.2) is 0 Å². The zero-order valence-corrected chi connectivity index (χ0v) is 10.5. The van der Waals surface area contributed by atoms with Crippen LogP contribution in [0.3, 0.4) is 0 Å². The minimum atomic E-state index is 0.590. The average Bonchev–Trinajstić information content (AvgIpc) is 2.78. The number of hydrogen-bond acceptors (Lipinski definition) is 4. The van der Waals surface area contributed by atoms with Crippen LogP contribution < -0.4 is 0 Å². The first kappa shape index (κ1) is 13.3. The van der Waals surface area contributed by atoms with Crippen molar-refractivity contribution in [2.45, 2.75) is 32.7 Å². The van der Waals surface area contributed by atoms with Gasteiger partial charge in [0, 0.05) is 18.8 Å². The van der Waals surface area contributed by atoms with Gasteiger partial charge in [0.05, 0.1) is 6.54 Å². The normalized spacial score (nSPS) is 12.2. The highest BCUT2D eigenvalue weighted by Gasteiger charge is 2.05. The average molecular weight is 233 g/mol. The quantitative estimate of drug-likeness (QED) is 0.412. The summed E-state index contributed by atoms with van der Waals surface area (Å²) in [5, 5.41) is 12.3. The Morgan fingerprint density at radius 1 is 1.47 bits per heavy atom. The van der Waals surface area contributed by atoms with Gasteiger partial charge in [0.25, 0.3) is 0 Å². The highest BCUT2D eigenvalue weighted by atomic mass is 15.6. The second kappa shape index (κ2) is 7.49. The van der Waals surface area contributed by atoms with E-state index in [9.17, 15) is 0 Å². The smallest absolute Gasteiger partial charge is 0.206 e. The Morgan fingerprint density at radius 3 is 2.94 bits per heavy atom. The molecule has 0 saturated heterocycles. The van der Waals surface area contributed by atoms with E-state index >= 15 is 0 Å². The molecule has 5 heteroatoms. The van der Waals surface area contributed by atoms with E-state index in [1.165, 1.54) is 12.8 Å². The topological polar surface area (TPSA) is 56.0 Å². The molecule has 0 aliphatic rings. The van der Waals surface area contributed by atoms with Crippen molar-refractivity contribution in [3.63, 3.8) is 0 Å². The minimum Gasteiger partial charge on any atom is -0.296 e. The lowest BCUT2D eigenvalue weighted by Gasteiger charge is -1.96. The summed E-state index contributed by atoms with van der Waals surface area (Å²) in [6.07, 6.45) is 8.66. The summed E-state index contributed by atoms with van der Waals surface area (Å²) in [5.41, 5.74) is 0.823. The lowest BCUT2D eigenvalue weighted by molar-refractivity contribution is 0.485. The van der Waals surface area contributed by atoms with Gasteiger partial charge in [-0.05, 0) is 11.6 Å². The number of allylic oxidation sites excluding steroid dienone is 3. The van der Waals surface area contributed by atoms with Crippen LogP contribution in [0, 0.1) is 0 Å². The molecule has 92 valence electrons. The molecule has 1 heterocycles. The maximum atomic E-state index is 4.31. The van der Waals surface area contributed by atoms with E-state index in [2.05, 4.69) is 33.9 Å². The van der Waals surface area contributed by atoms with Crippen molar-refractivity contribution >= 4 is 11.8 Å². The van der Waals surface area contributed by atoms with Crippen molar-refractivity contribution in [3.8, 4) is 0 Å². The number of aliphatic imine (C=N–C) groups is 1. The zero-order chi connectivity index (χ0) is 12.5. The fourth-order valence-corrected chi connectivity index (χ4v) is 1.40. The highest BCUT2D eigenvalue weighted by Crippen LogP contribution is 2.05. The van der Waals surface area contributed by atoms with Crippen LogP contribution in [0.2, 0.25) is 0 Å². The second-order valence-electron chi connectivity index (χ2n) is 3.66. The first-order chi connectivity index (χ1) is 8.31. The first-order valence-corrected chi connectivity index (χ1v) is 5.84. The van der Waals surface area contributed by atoms with Crippen molar-refractivity contribution in [2.75, 3.05) is 7.05 Å². The Morgan fingerprint density at radius 2 is 2.29 bits per heavy atom. The SMILES string of the molecule is C=C/C=C(\C=NC)c1nnn(CCCCC)n1. The lowest BCUT2D eigenvalue weighted by Crippen LogP contribution is -2.02. The third-order valence-corrected chi connectivity index (χ3v) is 2.24. The number of aryl methyl sites for hydroxylation is 1. The second-order valence-corrected chi connectivity index (χ2v) is 3.66. The Labute approximate surface area is 102 Å². The molecule has 17 heavy (non-hydrogen) atoms. The summed E-state index contributed by atoms with van der Waals surface area (Å²) in [6.45, 7) is 6.64. The Balaban J connectivity index is 2.71. The first-order valence-electron chi connectivity index (χ1n) is 5.84. The molecule has 5 nitrogen and oxygen atoms in total. The van der Waals surface area contributed by atoms with Crippen LogP contribution in [-0.2, 0) is 6.54 Å². The lowest BCUT2D eigenvalue weighted by atomic mass is 10.2. The fraction of sp³-hybridized carbons (Fsp3) is 0.500. The minimum absolute atomic E-state index is 0.590. The summed E-state index contributed by atoms with van der Waals surface area (Å²) < 4.78 is 0. The van der Waals surface area contributed by atoms with Crippen LogP contribution >= 0.6 is 0 Å². The van der Waals surface area contributed by atoms with Crippen molar-refractivity contribution in [1.29, 1.82) is 0 Å². The summed E-state index contributed by atoms with van der Waals surface area (Å²) in [5.74, 6) is 0.590. The van der Waals surface area contributed by atoms with E-state index in [1.807, 2.05) is 6.08 Å². The molecule has 0 aliphatic carbocycles. The van der Waals surface area contributed by atoms with Gasteiger partial charge in [-0.3, -0.25) is 4.99 Å². The Kier molecular flexibility index (Phi) is 5.85. The summed E-state index contributed by atoms with van der Waals surface area (Å²) in [4.78, 5) is 5.59. The fourth-order valence-electron chi connectivity index (χ4n) is 1.40. The molecule has 0 bridgehead atoms. The maximum absolute atomic E-state index is 4.31. The van der Waals surface area contributed by atoms with Gasteiger partial charge in [0.15, 0.2) is 0 Å². The van der Waals surface area contributed by atoms with E-state index in [0.29, 0.717) is 5.82 Å². The van der Waals surface area contributed by atoms with Crippen molar-refractivity contribution in [1.82, 2.24) is 20.2 Å².